The van der Waals surface area contributed by atoms with E-state index < -0.39 is 11.7 Å². The molecule has 1 fully saturated rings. The van der Waals surface area contributed by atoms with Crippen LogP contribution in [0.15, 0.2) is 18.5 Å². The molecule has 8 nitrogen and oxygen atoms in total. The van der Waals surface area contributed by atoms with Gasteiger partial charge in [-0.15, -0.1) is 0 Å². The Kier molecular flexibility index (Phi) is 4.61. The van der Waals surface area contributed by atoms with Crippen LogP contribution in [-0.4, -0.2) is 49.0 Å². The molecule has 2 aromatic rings. The Morgan fingerprint density at radius 3 is 2.68 bits per heavy atom. The molecule has 28 heavy (non-hydrogen) atoms. The van der Waals surface area contributed by atoms with Crippen molar-refractivity contribution >= 4 is 23.1 Å². The van der Waals surface area contributed by atoms with E-state index in [1.165, 1.54) is 0 Å². The van der Waals surface area contributed by atoms with Gasteiger partial charge in [0.05, 0.1) is 12.4 Å². The highest BCUT2D eigenvalue weighted by Crippen LogP contribution is 2.37. The molecule has 0 unspecified atom stereocenters. The number of hydrogen-bond acceptors (Lipinski definition) is 6. The number of aliphatic hydroxyl groups is 1. The van der Waals surface area contributed by atoms with Crippen LogP contribution < -0.4 is 4.90 Å². The van der Waals surface area contributed by atoms with Gasteiger partial charge in [-0.2, -0.15) is 0 Å². The Morgan fingerprint density at radius 1 is 1.32 bits per heavy atom. The number of carbonyl (C=O) groups excluding carboxylic acids is 1. The maximum absolute atomic E-state index is 12.9. The van der Waals surface area contributed by atoms with E-state index in [9.17, 15) is 9.90 Å². The first-order chi connectivity index (χ1) is 13.3. The van der Waals surface area contributed by atoms with Gasteiger partial charge in [-0.1, -0.05) is 12.2 Å². The molecule has 0 aliphatic heterocycles. The molecule has 0 saturated heterocycles. The van der Waals surface area contributed by atoms with Gasteiger partial charge in [-0.3, -0.25) is 4.90 Å². The molecular formula is C20H27N5O3. The number of aryl methyl sites for hydroxylation is 1. The van der Waals surface area contributed by atoms with Crippen LogP contribution in [0.5, 0.6) is 0 Å². The highest BCUT2D eigenvalue weighted by atomic mass is 16.6. The third-order valence-electron chi connectivity index (χ3n) is 4.99. The van der Waals surface area contributed by atoms with Gasteiger partial charge in [0.1, 0.15) is 11.4 Å². The number of amides is 1. The zero-order valence-electron chi connectivity index (χ0n) is 16.8. The topological polar surface area (TPSA) is 93.4 Å². The second-order valence-corrected chi connectivity index (χ2v) is 8.63. The van der Waals surface area contributed by atoms with Crippen LogP contribution in [0.2, 0.25) is 0 Å². The minimum Gasteiger partial charge on any atom is -0.443 e. The maximum Gasteiger partial charge on any atom is 0.416 e. The van der Waals surface area contributed by atoms with E-state index in [-0.39, 0.29) is 24.6 Å². The molecule has 1 saturated carbocycles. The lowest BCUT2D eigenvalue weighted by Crippen LogP contribution is -2.39. The highest BCUT2D eigenvalue weighted by Gasteiger charge is 2.39. The largest absolute Gasteiger partial charge is 0.443 e. The van der Waals surface area contributed by atoms with Crippen LogP contribution >= 0.6 is 0 Å². The standard InChI is InChI=1S/C20H27N5O3/c1-12-22-17-16(21-11-24(17)15-6-5-13(9-15)10-26)18(23-12)25(14-7-8-14)19(27)28-20(2,3)4/h5-6,11,13-15,26H,7-10H2,1-4H3/t13-,15+/m1/s1. The van der Waals surface area contributed by atoms with E-state index in [2.05, 4.69) is 21.0 Å². The molecule has 2 atom stereocenters. The van der Waals surface area contributed by atoms with Gasteiger partial charge in [0.15, 0.2) is 17.0 Å². The van der Waals surface area contributed by atoms with Gasteiger partial charge in [0.2, 0.25) is 0 Å². The van der Waals surface area contributed by atoms with E-state index in [1.807, 2.05) is 38.3 Å². The summed E-state index contributed by atoms with van der Waals surface area (Å²) < 4.78 is 7.63. The van der Waals surface area contributed by atoms with Crippen molar-refractivity contribution in [2.24, 2.45) is 5.92 Å². The average molecular weight is 385 g/mol. The van der Waals surface area contributed by atoms with Crippen molar-refractivity contribution in [1.29, 1.82) is 0 Å². The highest BCUT2D eigenvalue weighted by molar-refractivity contribution is 5.96. The van der Waals surface area contributed by atoms with E-state index >= 15 is 0 Å². The fraction of sp³-hybridized carbons (Fsp3) is 0.600. The number of ether oxygens (including phenoxy) is 1. The number of fused-ring (bicyclic) bond motifs is 1. The molecule has 0 radical (unpaired) electrons. The second-order valence-electron chi connectivity index (χ2n) is 8.63. The molecule has 2 aliphatic rings. The lowest BCUT2D eigenvalue weighted by molar-refractivity contribution is 0.0577. The van der Waals surface area contributed by atoms with E-state index in [4.69, 9.17) is 4.74 Å². The van der Waals surface area contributed by atoms with Gasteiger partial charge in [0.25, 0.3) is 0 Å². The average Bonchev–Trinajstić information content (AvgIpc) is 3.16. The Morgan fingerprint density at radius 2 is 2.07 bits per heavy atom. The normalized spacial score (nSPS) is 22.0. The quantitative estimate of drug-likeness (QED) is 0.813. The van der Waals surface area contributed by atoms with E-state index in [0.717, 1.165) is 19.3 Å². The van der Waals surface area contributed by atoms with Crippen molar-refractivity contribution in [2.45, 2.75) is 64.6 Å². The summed E-state index contributed by atoms with van der Waals surface area (Å²) in [6.07, 6.45) is 8.11. The fourth-order valence-corrected chi connectivity index (χ4v) is 3.56. The molecule has 2 aromatic heterocycles. The molecular weight excluding hydrogens is 358 g/mol. The number of allylic oxidation sites excluding steroid dienone is 1. The van der Waals surface area contributed by atoms with Crippen LogP contribution in [0, 0.1) is 12.8 Å². The Labute approximate surface area is 164 Å². The molecule has 0 bridgehead atoms. The van der Waals surface area contributed by atoms with Gasteiger partial charge in [0, 0.05) is 18.6 Å². The first-order valence-corrected chi connectivity index (χ1v) is 9.79. The van der Waals surface area contributed by atoms with Crippen molar-refractivity contribution in [3.05, 3.63) is 24.3 Å². The Balaban J connectivity index is 1.75. The van der Waals surface area contributed by atoms with Crippen LogP contribution in [0.25, 0.3) is 11.2 Å². The van der Waals surface area contributed by atoms with Crippen molar-refractivity contribution in [3.8, 4) is 0 Å². The van der Waals surface area contributed by atoms with Crippen molar-refractivity contribution < 1.29 is 14.6 Å². The smallest absolute Gasteiger partial charge is 0.416 e. The van der Waals surface area contributed by atoms with Crippen LogP contribution in [0.3, 0.4) is 0 Å². The number of imidazole rings is 1. The number of carbonyl (C=O) groups is 1. The lowest BCUT2D eigenvalue weighted by atomic mass is 10.1. The monoisotopic (exact) mass is 385 g/mol. The molecule has 150 valence electrons. The molecule has 8 heteroatoms. The summed E-state index contributed by atoms with van der Waals surface area (Å²) in [5, 5.41) is 9.42. The lowest BCUT2D eigenvalue weighted by Gasteiger charge is -2.27. The molecule has 0 aromatic carbocycles. The predicted octanol–water partition coefficient (Wildman–Crippen LogP) is 3.15. The minimum atomic E-state index is -0.585. The Hall–Kier alpha value is -2.48. The summed E-state index contributed by atoms with van der Waals surface area (Å²) in [4.78, 5) is 28.3. The maximum atomic E-state index is 12.9. The summed E-state index contributed by atoms with van der Waals surface area (Å²) >= 11 is 0. The molecule has 2 aliphatic carbocycles. The van der Waals surface area contributed by atoms with Gasteiger partial charge in [-0.05, 0) is 47.0 Å². The number of nitrogens with zero attached hydrogens (tertiary/aromatic N) is 5. The fourth-order valence-electron chi connectivity index (χ4n) is 3.56. The summed E-state index contributed by atoms with van der Waals surface area (Å²) in [5.74, 6) is 1.24. The molecule has 4 rings (SSSR count). The number of aromatic nitrogens is 4. The summed E-state index contributed by atoms with van der Waals surface area (Å²) in [7, 11) is 0. The summed E-state index contributed by atoms with van der Waals surface area (Å²) in [5.41, 5.74) is 0.716. The number of aliphatic hydroxyl groups excluding tert-OH is 1. The van der Waals surface area contributed by atoms with Crippen LogP contribution in [0.1, 0.15) is 51.9 Å². The van der Waals surface area contributed by atoms with Gasteiger partial charge < -0.3 is 14.4 Å². The Bertz CT molecular complexity index is 926. The van der Waals surface area contributed by atoms with Crippen molar-refractivity contribution in [3.63, 3.8) is 0 Å². The first-order valence-electron chi connectivity index (χ1n) is 9.79. The molecule has 1 N–H and O–H groups in total. The zero-order valence-corrected chi connectivity index (χ0v) is 16.8. The van der Waals surface area contributed by atoms with Crippen molar-refractivity contribution in [1.82, 2.24) is 19.5 Å². The first kappa shape index (κ1) is 18.9. The number of anilines is 1. The molecule has 0 spiro atoms. The third-order valence-corrected chi connectivity index (χ3v) is 4.99. The molecule has 1 amide bonds. The van der Waals surface area contributed by atoms with E-state index in [1.54, 1.807) is 11.2 Å². The predicted molar refractivity (Wildman–Crippen MR) is 105 cm³/mol. The zero-order chi connectivity index (χ0) is 20.1. The summed E-state index contributed by atoms with van der Waals surface area (Å²) in [6.45, 7) is 7.52. The minimum absolute atomic E-state index is 0.0835. The SMILES string of the molecule is Cc1nc(N(C(=O)OC(C)(C)C)C2CC2)c2ncn([C@H]3C=C[C@@H](CO)C3)c2n1. The van der Waals surface area contributed by atoms with Crippen LogP contribution in [0.4, 0.5) is 10.6 Å². The van der Waals surface area contributed by atoms with Crippen molar-refractivity contribution in [2.75, 3.05) is 11.5 Å². The van der Waals surface area contributed by atoms with E-state index in [0.29, 0.717) is 22.8 Å². The summed E-state index contributed by atoms with van der Waals surface area (Å²) in [6, 6.07) is 0.169. The van der Waals surface area contributed by atoms with Gasteiger partial charge in [-0.25, -0.2) is 19.7 Å². The second kappa shape index (κ2) is 6.84. The number of hydrogen-bond donors (Lipinski definition) is 1. The van der Waals surface area contributed by atoms with Crippen LogP contribution in [-0.2, 0) is 4.74 Å². The third kappa shape index (κ3) is 3.61. The number of rotatable bonds is 4. The molecule has 2 heterocycles. The van der Waals surface area contributed by atoms with Gasteiger partial charge >= 0.3 is 6.09 Å².